The Labute approximate surface area is 95.9 Å². The minimum Gasteiger partial charge on any atom is -0.361 e. The predicted molar refractivity (Wildman–Crippen MR) is 66.3 cm³/mol. The quantitative estimate of drug-likeness (QED) is 0.576. The summed E-state index contributed by atoms with van der Waals surface area (Å²) in [6.45, 7) is 4.79. The third-order valence-electron chi connectivity index (χ3n) is 1.96. The number of benzene rings is 1. The van der Waals surface area contributed by atoms with Crippen molar-refractivity contribution in [2.24, 2.45) is 0 Å². The van der Waals surface area contributed by atoms with E-state index in [1.54, 1.807) is 0 Å². The number of nitriles is 1. The van der Waals surface area contributed by atoms with Crippen LogP contribution in [-0.2, 0) is 0 Å². The van der Waals surface area contributed by atoms with Crippen LogP contribution in [0.15, 0.2) is 29.2 Å². The molecule has 0 saturated heterocycles. The zero-order chi connectivity index (χ0) is 11.3. The Morgan fingerprint density at radius 2 is 1.93 bits per heavy atom. The van der Waals surface area contributed by atoms with E-state index in [2.05, 4.69) is 44.2 Å². The maximum absolute atomic E-state index is 8.58. The lowest BCUT2D eigenvalue weighted by Crippen LogP contribution is -2.16. The van der Waals surface area contributed by atoms with Gasteiger partial charge in [-0.3, -0.25) is 0 Å². The molecular formula is C12H16N2S. The van der Waals surface area contributed by atoms with Crippen LogP contribution in [-0.4, -0.2) is 18.8 Å². The fourth-order valence-electron chi connectivity index (χ4n) is 1.25. The highest BCUT2D eigenvalue weighted by Gasteiger charge is 2.01. The Balaban J connectivity index is 2.68. The Hall–Kier alpha value is -1.14. The van der Waals surface area contributed by atoms with Gasteiger partial charge in [-0.05, 0) is 24.3 Å². The van der Waals surface area contributed by atoms with Gasteiger partial charge in [-0.2, -0.15) is 5.26 Å². The van der Waals surface area contributed by atoms with Gasteiger partial charge in [0.05, 0.1) is 6.07 Å². The largest absolute Gasteiger partial charge is 0.361 e. The molecule has 0 bridgehead atoms. The second-order valence-electron chi connectivity index (χ2n) is 3.67. The van der Waals surface area contributed by atoms with Gasteiger partial charge in [0.2, 0.25) is 0 Å². The molecule has 0 heterocycles. The minimum absolute atomic E-state index is 0.427. The summed E-state index contributed by atoms with van der Waals surface area (Å²) < 4.78 is 0. The highest BCUT2D eigenvalue weighted by atomic mass is 32.2. The number of hydrogen-bond donors (Lipinski definition) is 0. The van der Waals surface area contributed by atoms with Gasteiger partial charge in [0, 0.05) is 22.9 Å². The molecule has 0 fully saturated rings. The van der Waals surface area contributed by atoms with Crippen molar-refractivity contribution in [3.05, 3.63) is 24.3 Å². The second-order valence-corrected chi connectivity index (χ2v) is 5.32. The molecule has 1 rings (SSSR count). The number of hydrogen-bond acceptors (Lipinski definition) is 3. The average molecular weight is 220 g/mol. The van der Waals surface area contributed by atoms with E-state index in [0.29, 0.717) is 11.8 Å². The first-order chi connectivity index (χ1) is 7.13. The van der Waals surface area contributed by atoms with E-state index in [-0.39, 0.29) is 0 Å². The van der Waals surface area contributed by atoms with Crippen molar-refractivity contribution in [2.45, 2.75) is 24.0 Å². The van der Waals surface area contributed by atoms with Crippen LogP contribution in [0.25, 0.3) is 0 Å². The summed E-state index contributed by atoms with van der Waals surface area (Å²) in [4.78, 5) is 3.21. The molecule has 0 saturated carbocycles. The van der Waals surface area contributed by atoms with Crippen LogP contribution in [0.2, 0.25) is 0 Å². The summed E-state index contributed by atoms with van der Waals surface area (Å²) in [7, 11) is 1.92. The van der Waals surface area contributed by atoms with Crippen LogP contribution in [0.5, 0.6) is 0 Å². The van der Waals surface area contributed by atoms with Crippen molar-refractivity contribution >= 4 is 17.4 Å². The summed E-state index contributed by atoms with van der Waals surface area (Å²) in [5, 5.41) is 9.18. The lowest BCUT2D eigenvalue weighted by molar-refractivity contribution is 1.03. The van der Waals surface area contributed by atoms with Crippen molar-refractivity contribution < 1.29 is 0 Å². The van der Waals surface area contributed by atoms with Crippen LogP contribution in [0.4, 0.5) is 5.69 Å². The third kappa shape index (κ3) is 3.85. The number of rotatable bonds is 4. The molecule has 0 aliphatic carbocycles. The molecule has 0 N–H and O–H groups in total. The van der Waals surface area contributed by atoms with E-state index >= 15 is 0 Å². The van der Waals surface area contributed by atoms with Crippen LogP contribution in [0.3, 0.4) is 0 Å². The zero-order valence-corrected chi connectivity index (χ0v) is 10.2. The van der Waals surface area contributed by atoms with E-state index in [0.717, 1.165) is 5.69 Å². The summed E-state index contributed by atoms with van der Waals surface area (Å²) in [5.41, 5.74) is 1.09. The van der Waals surface area contributed by atoms with Crippen LogP contribution in [0, 0.1) is 11.3 Å². The average Bonchev–Trinajstić information content (AvgIpc) is 2.18. The maximum Gasteiger partial charge on any atom is 0.105 e. The highest BCUT2D eigenvalue weighted by Crippen LogP contribution is 2.24. The summed E-state index contributed by atoms with van der Waals surface area (Å²) in [6, 6.07) is 10.5. The van der Waals surface area contributed by atoms with E-state index in [4.69, 9.17) is 5.26 Å². The van der Waals surface area contributed by atoms with Gasteiger partial charge in [-0.15, -0.1) is 11.8 Å². The molecule has 0 aliphatic rings. The Bertz CT molecular complexity index is 338. The molecule has 0 aliphatic heterocycles. The highest BCUT2D eigenvalue weighted by molar-refractivity contribution is 7.99. The number of anilines is 1. The first kappa shape index (κ1) is 11.9. The van der Waals surface area contributed by atoms with Gasteiger partial charge in [0.1, 0.15) is 6.54 Å². The topological polar surface area (TPSA) is 27.0 Å². The smallest absolute Gasteiger partial charge is 0.105 e. The maximum atomic E-state index is 8.58. The fourth-order valence-corrected chi connectivity index (χ4v) is 2.09. The van der Waals surface area contributed by atoms with Crippen molar-refractivity contribution in [1.82, 2.24) is 0 Å². The van der Waals surface area contributed by atoms with Gasteiger partial charge in [0.15, 0.2) is 0 Å². The van der Waals surface area contributed by atoms with Gasteiger partial charge >= 0.3 is 0 Å². The molecule has 0 amide bonds. The third-order valence-corrected chi connectivity index (χ3v) is 2.97. The van der Waals surface area contributed by atoms with Gasteiger partial charge in [-0.25, -0.2) is 0 Å². The van der Waals surface area contributed by atoms with E-state index < -0.39 is 0 Å². The standard InChI is InChI=1S/C12H16N2S/c1-10(2)15-12-6-4-11(5-7-12)14(3)9-8-13/h4-7,10H,9H2,1-3H3. The molecule has 0 radical (unpaired) electrons. The SMILES string of the molecule is CC(C)Sc1ccc(N(C)CC#N)cc1. The van der Waals surface area contributed by atoms with E-state index in [1.807, 2.05) is 23.7 Å². The Morgan fingerprint density at radius 3 is 2.40 bits per heavy atom. The fraction of sp³-hybridized carbons (Fsp3) is 0.417. The Morgan fingerprint density at radius 1 is 1.33 bits per heavy atom. The molecule has 3 heteroatoms. The van der Waals surface area contributed by atoms with Crippen LogP contribution < -0.4 is 4.90 Å². The molecule has 0 atom stereocenters. The summed E-state index contributed by atoms with van der Waals surface area (Å²) >= 11 is 1.85. The van der Waals surface area contributed by atoms with Crippen molar-refractivity contribution in [3.63, 3.8) is 0 Å². The number of nitrogens with zero attached hydrogens (tertiary/aromatic N) is 2. The summed E-state index contributed by atoms with van der Waals surface area (Å²) in [5.74, 6) is 0. The molecular weight excluding hydrogens is 204 g/mol. The Kier molecular flexibility index (Phi) is 4.51. The number of thioether (sulfide) groups is 1. The molecule has 1 aromatic carbocycles. The second kappa shape index (κ2) is 5.67. The van der Waals surface area contributed by atoms with E-state index in [9.17, 15) is 0 Å². The van der Waals surface area contributed by atoms with Crippen LogP contribution >= 0.6 is 11.8 Å². The molecule has 80 valence electrons. The minimum atomic E-state index is 0.427. The first-order valence-electron chi connectivity index (χ1n) is 4.98. The lowest BCUT2D eigenvalue weighted by atomic mass is 10.3. The summed E-state index contributed by atoms with van der Waals surface area (Å²) in [6.07, 6.45) is 0. The zero-order valence-electron chi connectivity index (χ0n) is 9.40. The van der Waals surface area contributed by atoms with Crippen LogP contribution in [0.1, 0.15) is 13.8 Å². The molecule has 0 aromatic heterocycles. The van der Waals surface area contributed by atoms with Crippen molar-refractivity contribution in [1.29, 1.82) is 5.26 Å². The molecule has 0 unspecified atom stereocenters. The molecule has 15 heavy (non-hydrogen) atoms. The lowest BCUT2D eigenvalue weighted by Gasteiger charge is -2.15. The van der Waals surface area contributed by atoms with Crippen molar-refractivity contribution in [3.8, 4) is 6.07 Å². The monoisotopic (exact) mass is 220 g/mol. The van der Waals surface area contributed by atoms with Gasteiger partial charge in [0.25, 0.3) is 0 Å². The van der Waals surface area contributed by atoms with Gasteiger partial charge < -0.3 is 4.90 Å². The molecule has 1 aromatic rings. The van der Waals surface area contributed by atoms with Crippen molar-refractivity contribution in [2.75, 3.05) is 18.5 Å². The van der Waals surface area contributed by atoms with Gasteiger partial charge in [-0.1, -0.05) is 13.8 Å². The molecule has 2 nitrogen and oxygen atoms in total. The normalized spacial score (nSPS) is 10.1. The molecule has 0 spiro atoms. The first-order valence-corrected chi connectivity index (χ1v) is 5.86. The van der Waals surface area contributed by atoms with E-state index in [1.165, 1.54) is 4.90 Å². The predicted octanol–water partition coefficient (Wildman–Crippen LogP) is 3.15.